The molecule has 0 radical (unpaired) electrons. The van der Waals surface area contributed by atoms with Crippen LogP contribution in [0.2, 0.25) is 0 Å². The highest BCUT2D eigenvalue weighted by Gasteiger charge is 2.23. The zero-order valence-electron chi connectivity index (χ0n) is 18.3. The predicted molar refractivity (Wildman–Crippen MR) is 142 cm³/mol. The van der Waals surface area contributed by atoms with E-state index in [1.54, 1.807) is 0 Å². The van der Waals surface area contributed by atoms with Crippen molar-refractivity contribution in [3.8, 4) is 11.5 Å². The van der Waals surface area contributed by atoms with Crippen LogP contribution < -0.4 is 0 Å². The molecule has 0 aliphatic heterocycles. The van der Waals surface area contributed by atoms with Crippen molar-refractivity contribution in [1.29, 1.82) is 0 Å². The molecule has 0 fully saturated rings. The lowest BCUT2D eigenvalue weighted by atomic mass is 10.00. The first-order chi connectivity index (χ1) is 16.9. The monoisotopic (exact) mass is 433 g/mol. The maximum absolute atomic E-state index is 4.78. The number of fused-ring (bicyclic) bond motifs is 4. The lowest BCUT2D eigenvalue weighted by Gasteiger charge is -2.12. The zero-order valence-corrected chi connectivity index (χ0v) is 18.3. The molecule has 34 heavy (non-hydrogen) atoms. The second-order valence-corrected chi connectivity index (χ2v) is 8.87. The normalized spacial score (nSPS) is 12.1. The molecule has 0 amide bonds. The van der Waals surface area contributed by atoms with Gasteiger partial charge in [0.25, 0.3) is 0 Å². The average molecular weight is 434 g/mol. The summed E-state index contributed by atoms with van der Waals surface area (Å²) in [5.74, 6) is 0.931. The fourth-order valence-electron chi connectivity index (χ4n) is 5.76. The Morgan fingerprint density at radius 2 is 1.29 bits per heavy atom. The molecule has 3 heteroatoms. The van der Waals surface area contributed by atoms with Gasteiger partial charge >= 0.3 is 0 Å². The van der Waals surface area contributed by atoms with Gasteiger partial charge in [0.15, 0.2) is 0 Å². The minimum Gasteiger partial charge on any atom is -0.307 e. The van der Waals surface area contributed by atoms with E-state index in [1.807, 2.05) is 12.3 Å². The SMILES string of the molecule is c1ccc(-n2c3cccc4ccc5cc6c7ccccc7n(-c7ccccn7)c6c2c5c43)cc1. The molecule has 5 aromatic carbocycles. The van der Waals surface area contributed by atoms with Crippen molar-refractivity contribution in [3.63, 3.8) is 0 Å². The van der Waals surface area contributed by atoms with E-state index in [4.69, 9.17) is 4.98 Å². The fraction of sp³-hybridized carbons (Fsp3) is 0. The van der Waals surface area contributed by atoms with E-state index >= 15 is 0 Å². The summed E-state index contributed by atoms with van der Waals surface area (Å²) < 4.78 is 4.77. The first-order valence-electron chi connectivity index (χ1n) is 11.6. The summed E-state index contributed by atoms with van der Waals surface area (Å²) in [5, 5.41) is 7.65. The third-order valence-corrected chi connectivity index (χ3v) is 7.09. The van der Waals surface area contributed by atoms with Crippen molar-refractivity contribution in [3.05, 3.63) is 115 Å². The molecule has 0 N–H and O–H groups in total. The minimum atomic E-state index is 0.931. The number of hydrogen-bond donors (Lipinski definition) is 0. The lowest BCUT2D eigenvalue weighted by Crippen LogP contribution is -2.00. The van der Waals surface area contributed by atoms with E-state index in [0.717, 1.165) is 11.5 Å². The van der Waals surface area contributed by atoms with Gasteiger partial charge in [-0.3, -0.25) is 4.57 Å². The van der Waals surface area contributed by atoms with Crippen LogP contribution in [-0.4, -0.2) is 14.1 Å². The van der Waals surface area contributed by atoms with Gasteiger partial charge < -0.3 is 4.57 Å². The van der Waals surface area contributed by atoms with Gasteiger partial charge in [0.1, 0.15) is 5.82 Å². The molecular weight excluding hydrogens is 414 g/mol. The van der Waals surface area contributed by atoms with Crippen LogP contribution in [0.15, 0.2) is 115 Å². The van der Waals surface area contributed by atoms with Crippen LogP contribution in [0.3, 0.4) is 0 Å². The van der Waals surface area contributed by atoms with Gasteiger partial charge in [-0.25, -0.2) is 4.98 Å². The van der Waals surface area contributed by atoms with Gasteiger partial charge in [-0.1, -0.05) is 66.7 Å². The molecule has 0 atom stereocenters. The summed E-state index contributed by atoms with van der Waals surface area (Å²) in [6.45, 7) is 0. The molecule has 0 aliphatic carbocycles. The van der Waals surface area contributed by atoms with Gasteiger partial charge in [-0.2, -0.15) is 0 Å². The van der Waals surface area contributed by atoms with Gasteiger partial charge in [0, 0.05) is 33.4 Å². The number of aromatic nitrogens is 3. The summed E-state index contributed by atoms with van der Waals surface area (Å²) in [5.41, 5.74) is 5.99. The second-order valence-electron chi connectivity index (χ2n) is 8.87. The molecular formula is C31H19N3. The van der Waals surface area contributed by atoms with Crippen LogP contribution in [0.5, 0.6) is 0 Å². The molecule has 0 aliphatic rings. The van der Waals surface area contributed by atoms with Crippen LogP contribution >= 0.6 is 0 Å². The molecule has 3 heterocycles. The van der Waals surface area contributed by atoms with Crippen molar-refractivity contribution < 1.29 is 0 Å². The Hall–Kier alpha value is -4.63. The van der Waals surface area contributed by atoms with Crippen molar-refractivity contribution in [2.75, 3.05) is 0 Å². The van der Waals surface area contributed by atoms with E-state index in [9.17, 15) is 0 Å². The topological polar surface area (TPSA) is 22.8 Å². The van der Waals surface area contributed by atoms with E-state index in [-0.39, 0.29) is 0 Å². The number of rotatable bonds is 2. The highest BCUT2D eigenvalue weighted by Crippen LogP contribution is 2.45. The van der Waals surface area contributed by atoms with Crippen LogP contribution in [0.25, 0.3) is 65.9 Å². The van der Waals surface area contributed by atoms with Crippen LogP contribution in [0.4, 0.5) is 0 Å². The van der Waals surface area contributed by atoms with Gasteiger partial charge in [0.2, 0.25) is 0 Å². The molecule has 8 rings (SSSR count). The molecule has 0 unspecified atom stereocenters. The van der Waals surface area contributed by atoms with E-state index < -0.39 is 0 Å². The Labute approximate surface area is 195 Å². The van der Waals surface area contributed by atoms with Gasteiger partial charge in [0.05, 0.1) is 22.1 Å². The van der Waals surface area contributed by atoms with E-state index in [0.29, 0.717) is 0 Å². The lowest BCUT2D eigenvalue weighted by molar-refractivity contribution is 1.08. The molecule has 0 spiro atoms. The number of hydrogen-bond acceptors (Lipinski definition) is 1. The Bertz CT molecular complexity index is 1990. The standard InChI is InChI=1S/C31H19N3/c1-2-10-22(11-3-1)33-26-14-8-9-20-16-17-21-19-24-23-12-4-5-13-25(23)34(27-15-6-7-18-32-27)30(24)31(33)29(21)28(20)26/h1-19H. The highest BCUT2D eigenvalue weighted by molar-refractivity contribution is 6.32. The molecule has 0 saturated heterocycles. The number of para-hydroxylation sites is 2. The Balaban J connectivity index is 1.75. The summed E-state index contributed by atoms with van der Waals surface area (Å²) in [4.78, 5) is 4.78. The molecule has 0 bridgehead atoms. The number of benzene rings is 5. The Kier molecular flexibility index (Phi) is 3.39. The van der Waals surface area contributed by atoms with E-state index in [2.05, 4.69) is 112 Å². The predicted octanol–water partition coefficient (Wildman–Crippen LogP) is 7.87. The quantitative estimate of drug-likeness (QED) is 0.254. The minimum absolute atomic E-state index is 0.931. The second kappa shape index (κ2) is 6.46. The average Bonchev–Trinajstić information content (AvgIpc) is 3.42. The summed E-state index contributed by atoms with van der Waals surface area (Å²) in [6, 6.07) is 39.0. The van der Waals surface area contributed by atoms with Crippen LogP contribution in [0, 0.1) is 0 Å². The molecule has 3 aromatic heterocycles. The number of pyridine rings is 1. The van der Waals surface area contributed by atoms with Crippen molar-refractivity contribution >= 4 is 54.4 Å². The first kappa shape index (κ1) is 17.9. The van der Waals surface area contributed by atoms with Gasteiger partial charge in [-0.15, -0.1) is 0 Å². The van der Waals surface area contributed by atoms with Crippen molar-refractivity contribution in [1.82, 2.24) is 14.1 Å². The zero-order chi connectivity index (χ0) is 22.2. The van der Waals surface area contributed by atoms with Crippen LogP contribution in [0.1, 0.15) is 0 Å². The summed E-state index contributed by atoms with van der Waals surface area (Å²) >= 11 is 0. The Morgan fingerprint density at radius 3 is 2.18 bits per heavy atom. The fourth-order valence-corrected chi connectivity index (χ4v) is 5.76. The van der Waals surface area contributed by atoms with Gasteiger partial charge in [-0.05, 0) is 53.2 Å². The smallest absolute Gasteiger partial charge is 0.137 e. The van der Waals surface area contributed by atoms with Crippen molar-refractivity contribution in [2.24, 2.45) is 0 Å². The largest absolute Gasteiger partial charge is 0.307 e. The third-order valence-electron chi connectivity index (χ3n) is 7.09. The molecule has 0 saturated carbocycles. The summed E-state index contributed by atoms with van der Waals surface area (Å²) in [6.07, 6.45) is 1.87. The summed E-state index contributed by atoms with van der Waals surface area (Å²) in [7, 11) is 0. The Morgan fingerprint density at radius 1 is 0.500 bits per heavy atom. The number of nitrogens with zero attached hydrogens (tertiary/aromatic N) is 3. The van der Waals surface area contributed by atoms with Crippen molar-refractivity contribution in [2.45, 2.75) is 0 Å². The molecule has 158 valence electrons. The molecule has 8 aromatic rings. The third kappa shape index (κ3) is 2.18. The van der Waals surface area contributed by atoms with E-state index in [1.165, 1.54) is 54.4 Å². The first-order valence-corrected chi connectivity index (χ1v) is 11.6. The van der Waals surface area contributed by atoms with Crippen LogP contribution in [-0.2, 0) is 0 Å². The molecule has 3 nitrogen and oxygen atoms in total. The maximum Gasteiger partial charge on any atom is 0.137 e. The maximum atomic E-state index is 4.78. The highest BCUT2D eigenvalue weighted by atomic mass is 15.1.